The van der Waals surface area contributed by atoms with Gasteiger partial charge < -0.3 is 10.3 Å². The number of imidazole rings is 1. The summed E-state index contributed by atoms with van der Waals surface area (Å²) in [6, 6.07) is 11.9. The Balaban J connectivity index is 1.76. The molecule has 7 heteroatoms. The molecule has 3 N–H and O–H groups in total. The summed E-state index contributed by atoms with van der Waals surface area (Å²) in [4.78, 5) is 36.6. The van der Waals surface area contributed by atoms with Gasteiger partial charge in [0.2, 0.25) is 11.9 Å². The van der Waals surface area contributed by atoms with Crippen molar-refractivity contribution in [3.63, 3.8) is 0 Å². The van der Waals surface area contributed by atoms with Gasteiger partial charge in [0.15, 0.2) is 0 Å². The molecule has 3 rings (SSSR count). The zero-order valence-electron chi connectivity index (χ0n) is 14.7. The number of para-hydroxylation sites is 2. The highest BCUT2D eigenvalue weighted by molar-refractivity contribution is 6.00. The Bertz CT molecular complexity index is 873. The molecule has 0 fully saturated rings. The minimum absolute atomic E-state index is 0.0490. The summed E-state index contributed by atoms with van der Waals surface area (Å²) in [6.07, 6.45) is 2.28. The molecule has 2 amide bonds. The maximum Gasteiger partial charge on any atom is 0.270 e. The third kappa shape index (κ3) is 3.88. The van der Waals surface area contributed by atoms with E-state index in [1.165, 1.54) is 0 Å². The monoisotopic (exact) mass is 351 g/mol. The van der Waals surface area contributed by atoms with E-state index in [1.807, 2.05) is 38.1 Å². The second-order valence-electron chi connectivity index (χ2n) is 6.14. The Morgan fingerprint density at radius 3 is 2.62 bits per heavy atom. The Labute approximate surface area is 151 Å². The van der Waals surface area contributed by atoms with Crippen LogP contribution in [0.2, 0.25) is 0 Å². The van der Waals surface area contributed by atoms with Crippen LogP contribution in [0.15, 0.2) is 48.7 Å². The van der Waals surface area contributed by atoms with E-state index in [9.17, 15) is 9.59 Å². The minimum atomic E-state index is -0.692. The molecule has 7 nitrogen and oxygen atoms in total. The van der Waals surface area contributed by atoms with Crippen LogP contribution < -0.4 is 10.6 Å². The molecule has 1 aromatic carbocycles. The quantitative estimate of drug-likeness (QED) is 0.636. The highest BCUT2D eigenvalue weighted by atomic mass is 16.2. The Kier molecular flexibility index (Phi) is 5.26. The number of carbonyl (C=O) groups is 2. The summed E-state index contributed by atoms with van der Waals surface area (Å²) in [5.41, 5.74) is 1.87. The number of anilines is 1. The smallest absolute Gasteiger partial charge is 0.270 e. The highest BCUT2D eigenvalue weighted by Gasteiger charge is 2.27. The van der Waals surface area contributed by atoms with Gasteiger partial charge in [0.25, 0.3) is 5.91 Å². The van der Waals surface area contributed by atoms with Gasteiger partial charge in [-0.3, -0.25) is 19.9 Å². The third-order valence-corrected chi connectivity index (χ3v) is 4.31. The molecule has 0 saturated heterocycles. The van der Waals surface area contributed by atoms with Crippen molar-refractivity contribution in [2.24, 2.45) is 5.92 Å². The first kappa shape index (κ1) is 17.6. The molecule has 0 radical (unpaired) electrons. The Morgan fingerprint density at radius 2 is 1.92 bits per heavy atom. The molecular weight excluding hydrogens is 330 g/mol. The Morgan fingerprint density at radius 1 is 1.15 bits per heavy atom. The van der Waals surface area contributed by atoms with Gasteiger partial charge in [-0.2, -0.15) is 0 Å². The van der Waals surface area contributed by atoms with E-state index >= 15 is 0 Å². The molecule has 0 aliphatic heterocycles. The van der Waals surface area contributed by atoms with Crippen molar-refractivity contribution in [1.29, 1.82) is 0 Å². The lowest BCUT2D eigenvalue weighted by molar-refractivity contribution is -0.119. The standard InChI is InChI=1S/C19H21N5O2/c1-3-12(2)16(23-17(25)15-10-6-7-11-20-15)18(26)24-19-21-13-8-4-5-9-14(13)22-19/h4-12,16H,3H2,1-2H3,(H,23,25)(H2,21,22,24,26)/t12-,16-/m1/s1. The van der Waals surface area contributed by atoms with Crippen molar-refractivity contribution < 1.29 is 9.59 Å². The van der Waals surface area contributed by atoms with Crippen LogP contribution in [0.25, 0.3) is 11.0 Å². The number of nitrogens with zero attached hydrogens (tertiary/aromatic N) is 2. The SMILES string of the molecule is CC[C@@H](C)[C@@H](NC(=O)c1ccccn1)C(=O)Nc1nc2ccccc2[nH]1. The number of aromatic amines is 1. The van der Waals surface area contributed by atoms with E-state index in [4.69, 9.17) is 0 Å². The lowest BCUT2D eigenvalue weighted by Crippen LogP contribution is -2.48. The lowest BCUT2D eigenvalue weighted by Gasteiger charge is -2.22. The lowest BCUT2D eigenvalue weighted by atomic mass is 9.98. The molecule has 0 aliphatic rings. The van der Waals surface area contributed by atoms with Crippen molar-refractivity contribution in [3.8, 4) is 0 Å². The highest BCUT2D eigenvalue weighted by Crippen LogP contribution is 2.15. The predicted octanol–water partition coefficient (Wildman–Crippen LogP) is 2.74. The molecule has 2 heterocycles. The number of fused-ring (bicyclic) bond motifs is 1. The van der Waals surface area contributed by atoms with E-state index in [0.29, 0.717) is 5.95 Å². The van der Waals surface area contributed by atoms with Crippen LogP contribution in [0.4, 0.5) is 5.95 Å². The van der Waals surface area contributed by atoms with Crippen LogP contribution in [0.1, 0.15) is 30.8 Å². The number of rotatable bonds is 6. The number of H-pyrrole nitrogens is 1. The molecule has 0 saturated carbocycles. The van der Waals surface area contributed by atoms with Crippen molar-refractivity contribution in [1.82, 2.24) is 20.3 Å². The molecule has 0 unspecified atom stereocenters. The molecule has 2 aromatic heterocycles. The van der Waals surface area contributed by atoms with Crippen LogP contribution in [0.5, 0.6) is 0 Å². The summed E-state index contributed by atoms with van der Waals surface area (Å²) in [7, 11) is 0. The zero-order valence-corrected chi connectivity index (χ0v) is 14.7. The molecule has 2 atom stereocenters. The van der Waals surface area contributed by atoms with Gasteiger partial charge in [0, 0.05) is 6.20 Å². The number of benzene rings is 1. The van der Waals surface area contributed by atoms with Gasteiger partial charge in [0.05, 0.1) is 11.0 Å². The normalized spacial score (nSPS) is 13.2. The molecule has 0 spiro atoms. The number of hydrogen-bond donors (Lipinski definition) is 3. The number of hydrogen-bond acceptors (Lipinski definition) is 4. The summed E-state index contributed by atoms with van der Waals surface area (Å²) in [5, 5.41) is 5.55. The average Bonchev–Trinajstić information content (AvgIpc) is 3.08. The summed E-state index contributed by atoms with van der Waals surface area (Å²) >= 11 is 0. The van der Waals surface area contributed by atoms with E-state index in [2.05, 4.69) is 25.6 Å². The van der Waals surface area contributed by atoms with Crippen molar-refractivity contribution in [2.75, 3.05) is 5.32 Å². The predicted molar refractivity (Wildman–Crippen MR) is 99.7 cm³/mol. The van der Waals surface area contributed by atoms with Crippen LogP contribution in [-0.2, 0) is 4.79 Å². The van der Waals surface area contributed by atoms with Gasteiger partial charge in [-0.1, -0.05) is 38.5 Å². The average molecular weight is 351 g/mol. The van der Waals surface area contributed by atoms with Crippen LogP contribution in [0, 0.1) is 5.92 Å². The fraction of sp³-hybridized carbons (Fsp3) is 0.263. The first-order valence-electron chi connectivity index (χ1n) is 8.56. The van der Waals surface area contributed by atoms with Crippen LogP contribution >= 0.6 is 0 Å². The first-order valence-corrected chi connectivity index (χ1v) is 8.56. The van der Waals surface area contributed by atoms with Crippen LogP contribution in [0.3, 0.4) is 0 Å². The summed E-state index contributed by atoms with van der Waals surface area (Å²) in [6.45, 7) is 3.89. The minimum Gasteiger partial charge on any atom is -0.339 e. The van der Waals surface area contributed by atoms with Crippen molar-refractivity contribution in [3.05, 3.63) is 54.4 Å². The second kappa shape index (κ2) is 7.77. The van der Waals surface area contributed by atoms with Gasteiger partial charge in [-0.15, -0.1) is 0 Å². The van der Waals surface area contributed by atoms with E-state index in [1.54, 1.807) is 24.4 Å². The molecule has 26 heavy (non-hydrogen) atoms. The van der Waals surface area contributed by atoms with Gasteiger partial charge in [-0.05, 0) is 30.2 Å². The van der Waals surface area contributed by atoms with E-state index in [-0.39, 0.29) is 23.4 Å². The zero-order chi connectivity index (χ0) is 18.5. The third-order valence-electron chi connectivity index (χ3n) is 4.31. The van der Waals surface area contributed by atoms with Crippen molar-refractivity contribution >= 4 is 28.8 Å². The summed E-state index contributed by atoms with van der Waals surface area (Å²) < 4.78 is 0. The molecule has 3 aromatic rings. The largest absolute Gasteiger partial charge is 0.339 e. The number of amides is 2. The number of nitrogens with one attached hydrogen (secondary N) is 3. The van der Waals surface area contributed by atoms with Crippen molar-refractivity contribution in [2.45, 2.75) is 26.3 Å². The van der Waals surface area contributed by atoms with E-state index in [0.717, 1.165) is 17.5 Å². The van der Waals surface area contributed by atoms with E-state index < -0.39 is 6.04 Å². The fourth-order valence-corrected chi connectivity index (χ4v) is 2.62. The second-order valence-corrected chi connectivity index (χ2v) is 6.14. The van der Waals surface area contributed by atoms with Gasteiger partial charge >= 0.3 is 0 Å². The fourth-order valence-electron chi connectivity index (χ4n) is 2.62. The molecule has 0 aliphatic carbocycles. The molecule has 134 valence electrons. The number of aromatic nitrogens is 3. The Hall–Kier alpha value is -3.22. The van der Waals surface area contributed by atoms with Crippen LogP contribution in [-0.4, -0.2) is 32.8 Å². The topological polar surface area (TPSA) is 99.8 Å². The summed E-state index contributed by atoms with van der Waals surface area (Å²) in [5.74, 6) is -0.387. The van der Waals surface area contributed by atoms with Gasteiger partial charge in [0.1, 0.15) is 11.7 Å². The number of pyridine rings is 1. The maximum atomic E-state index is 12.8. The number of carbonyl (C=O) groups excluding carboxylic acids is 2. The maximum absolute atomic E-state index is 12.8. The van der Waals surface area contributed by atoms with Gasteiger partial charge in [-0.25, -0.2) is 4.98 Å². The first-order chi connectivity index (χ1) is 12.6. The molecule has 0 bridgehead atoms. The molecular formula is C19H21N5O2.